The van der Waals surface area contributed by atoms with Gasteiger partial charge in [-0.2, -0.15) is 4.31 Å². The van der Waals surface area contributed by atoms with Crippen LogP contribution in [-0.4, -0.2) is 58.5 Å². The van der Waals surface area contributed by atoms with E-state index in [0.717, 1.165) is 6.92 Å². The zero-order valence-corrected chi connectivity index (χ0v) is 20.6. The van der Waals surface area contributed by atoms with Gasteiger partial charge in [0.25, 0.3) is 10.0 Å². The summed E-state index contributed by atoms with van der Waals surface area (Å²) in [5, 5.41) is 6.08. The highest BCUT2D eigenvalue weighted by atomic mass is 35.5. The fourth-order valence-electron chi connectivity index (χ4n) is 2.95. The maximum atomic E-state index is 12.9. The molecule has 1 aliphatic rings. The van der Waals surface area contributed by atoms with Gasteiger partial charge in [-0.3, -0.25) is 4.79 Å². The van der Waals surface area contributed by atoms with Gasteiger partial charge in [-0.1, -0.05) is 11.6 Å². The summed E-state index contributed by atoms with van der Waals surface area (Å²) >= 11 is 11.5. The third kappa shape index (κ3) is 6.40. The first-order chi connectivity index (χ1) is 15.5. The van der Waals surface area contributed by atoms with Crippen molar-refractivity contribution in [2.75, 3.05) is 36.9 Å². The number of anilines is 2. The summed E-state index contributed by atoms with van der Waals surface area (Å²) in [5.74, 6) is -0.697. The minimum absolute atomic E-state index is 0.0617. The molecule has 10 nitrogen and oxygen atoms in total. The van der Waals surface area contributed by atoms with E-state index in [-0.39, 0.29) is 38.7 Å². The highest BCUT2D eigenvalue weighted by molar-refractivity contribution is 7.90. The van der Waals surface area contributed by atoms with E-state index in [1.807, 2.05) is 4.72 Å². The Labute approximate surface area is 202 Å². The summed E-state index contributed by atoms with van der Waals surface area (Å²) in [4.78, 5) is 11.0. The molecule has 2 aromatic rings. The van der Waals surface area contributed by atoms with E-state index in [9.17, 15) is 21.6 Å². The maximum absolute atomic E-state index is 12.9. The monoisotopic (exact) mass is 532 g/mol. The first-order valence-electron chi connectivity index (χ1n) is 9.58. The van der Waals surface area contributed by atoms with E-state index in [1.165, 1.54) is 46.8 Å². The largest absolute Gasteiger partial charge is 0.379 e. The average Bonchev–Trinajstić information content (AvgIpc) is 2.75. The van der Waals surface area contributed by atoms with Crippen molar-refractivity contribution in [3.63, 3.8) is 0 Å². The van der Waals surface area contributed by atoms with Gasteiger partial charge in [-0.15, -0.1) is 0 Å². The summed E-state index contributed by atoms with van der Waals surface area (Å²) in [7, 11) is -7.67. The zero-order chi connectivity index (χ0) is 24.2. The van der Waals surface area contributed by atoms with Gasteiger partial charge in [0.1, 0.15) is 0 Å². The van der Waals surface area contributed by atoms with Crippen LogP contribution in [0.2, 0.25) is 5.02 Å². The van der Waals surface area contributed by atoms with Crippen LogP contribution in [-0.2, 0) is 29.6 Å². The molecule has 0 aliphatic carbocycles. The Kier molecular flexibility index (Phi) is 7.92. The molecule has 0 atom stereocenters. The molecule has 14 heteroatoms. The van der Waals surface area contributed by atoms with Crippen molar-refractivity contribution in [3.8, 4) is 0 Å². The molecule has 0 radical (unpaired) electrons. The van der Waals surface area contributed by atoms with E-state index >= 15 is 0 Å². The first kappa shape index (κ1) is 25.3. The summed E-state index contributed by atoms with van der Waals surface area (Å²) in [6.45, 7) is 2.29. The van der Waals surface area contributed by atoms with Crippen LogP contribution in [0.1, 0.15) is 6.92 Å². The molecule has 3 N–H and O–H groups in total. The van der Waals surface area contributed by atoms with Gasteiger partial charge >= 0.3 is 0 Å². The Morgan fingerprint density at radius 3 is 2.21 bits per heavy atom. The Morgan fingerprint density at radius 2 is 1.61 bits per heavy atom. The average molecular weight is 533 g/mol. The van der Waals surface area contributed by atoms with Gasteiger partial charge < -0.3 is 15.4 Å². The van der Waals surface area contributed by atoms with Crippen molar-refractivity contribution in [3.05, 3.63) is 47.5 Å². The highest BCUT2D eigenvalue weighted by Gasteiger charge is 2.27. The molecular formula is C19H21ClN4O6S3. The molecule has 1 aliphatic heterocycles. The second-order valence-corrected chi connectivity index (χ2v) is 11.4. The fraction of sp³-hybridized carbons (Fsp3) is 0.263. The molecular weight excluding hydrogens is 512 g/mol. The second-order valence-electron chi connectivity index (χ2n) is 6.92. The normalized spacial score (nSPS) is 15.0. The Hall–Kier alpha value is -2.29. The molecule has 3 rings (SSSR count). The summed E-state index contributed by atoms with van der Waals surface area (Å²) in [5.41, 5.74) is 0.746. The molecule has 178 valence electrons. The van der Waals surface area contributed by atoms with E-state index in [0.29, 0.717) is 18.9 Å². The number of thiocarbonyl (C=S) groups is 1. The second kappa shape index (κ2) is 10.3. The van der Waals surface area contributed by atoms with Crippen LogP contribution >= 0.6 is 23.8 Å². The molecule has 1 heterocycles. The van der Waals surface area contributed by atoms with E-state index in [1.54, 1.807) is 0 Å². The number of nitrogens with zero attached hydrogens (tertiary/aromatic N) is 1. The number of ether oxygens (including phenoxy) is 1. The number of morpholine rings is 1. The molecule has 0 bridgehead atoms. The lowest BCUT2D eigenvalue weighted by atomic mass is 10.3. The SMILES string of the molecule is CC(=O)NS(=O)(=O)c1ccc(NC(=S)Nc2cc(S(=O)(=O)N3CCOCC3)ccc2Cl)cc1. The number of carbonyl (C=O) groups excluding carboxylic acids is 1. The van der Waals surface area contributed by atoms with Crippen molar-refractivity contribution in [1.29, 1.82) is 0 Å². The molecule has 1 saturated heterocycles. The van der Waals surface area contributed by atoms with Crippen LogP contribution in [0.15, 0.2) is 52.3 Å². The van der Waals surface area contributed by atoms with Gasteiger partial charge in [-0.05, 0) is 54.7 Å². The third-order valence-electron chi connectivity index (χ3n) is 4.49. The van der Waals surface area contributed by atoms with Crippen molar-refractivity contribution in [2.45, 2.75) is 16.7 Å². The Bertz CT molecular complexity index is 1260. The van der Waals surface area contributed by atoms with Gasteiger partial charge in [0, 0.05) is 25.7 Å². The number of amides is 1. The number of hydrogen-bond acceptors (Lipinski definition) is 7. The Morgan fingerprint density at radius 1 is 1.00 bits per heavy atom. The highest BCUT2D eigenvalue weighted by Crippen LogP contribution is 2.27. The number of sulfonamides is 2. The molecule has 0 unspecified atom stereocenters. The molecule has 1 fully saturated rings. The van der Waals surface area contributed by atoms with Crippen molar-refractivity contribution in [1.82, 2.24) is 9.03 Å². The van der Waals surface area contributed by atoms with Crippen LogP contribution in [0, 0.1) is 0 Å². The third-order valence-corrected chi connectivity index (χ3v) is 8.37. The number of halogens is 1. The lowest BCUT2D eigenvalue weighted by Gasteiger charge is -2.26. The Balaban J connectivity index is 1.72. The van der Waals surface area contributed by atoms with Crippen molar-refractivity contribution in [2.24, 2.45) is 0 Å². The van der Waals surface area contributed by atoms with E-state index in [4.69, 9.17) is 28.6 Å². The van der Waals surface area contributed by atoms with Crippen LogP contribution in [0.3, 0.4) is 0 Å². The van der Waals surface area contributed by atoms with Crippen molar-refractivity contribution < 1.29 is 26.4 Å². The maximum Gasteiger partial charge on any atom is 0.264 e. The number of hydrogen-bond donors (Lipinski definition) is 3. The standard InChI is InChI=1S/C19H21ClN4O6S3/c1-13(25)23-32(26,27)15-4-2-14(3-5-15)21-19(31)22-18-12-16(6-7-17(18)20)33(28,29)24-8-10-30-11-9-24/h2-7,12H,8-11H2,1H3,(H,23,25)(H2,21,22,31). The number of benzene rings is 2. The predicted molar refractivity (Wildman–Crippen MR) is 128 cm³/mol. The van der Waals surface area contributed by atoms with Gasteiger partial charge in [-0.25, -0.2) is 21.6 Å². The predicted octanol–water partition coefficient (Wildman–Crippen LogP) is 1.99. The van der Waals surface area contributed by atoms with Crippen molar-refractivity contribution >= 4 is 66.3 Å². The molecule has 2 aromatic carbocycles. The fourth-order valence-corrected chi connectivity index (χ4v) is 5.76. The summed E-state index contributed by atoms with van der Waals surface area (Å²) < 4.78 is 58.2. The number of rotatable bonds is 6. The lowest BCUT2D eigenvalue weighted by molar-refractivity contribution is -0.117. The van der Waals surface area contributed by atoms with Gasteiger partial charge in [0.05, 0.1) is 33.7 Å². The molecule has 1 amide bonds. The summed E-state index contributed by atoms with van der Waals surface area (Å²) in [6.07, 6.45) is 0. The minimum atomic E-state index is -3.95. The van der Waals surface area contributed by atoms with Gasteiger partial charge in [0.15, 0.2) is 5.11 Å². The molecule has 0 saturated carbocycles. The lowest BCUT2D eigenvalue weighted by Crippen LogP contribution is -2.40. The smallest absolute Gasteiger partial charge is 0.264 e. The van der Waals surface area contributed by atoms with E-state index < -0.39 is 26.0 Å². The molecule has 0 spiro atoms. The van der Waals surface area contributed by atoms with Crippen LogP contribution in [0.25, 0.3) is 0 Å². The summed E-state index contributed by atoms with van der Waals surface area (Å²) in [6, 6.07) is 9.80. The van der Waals surface area contributed by atoms with Crippen LogP contribution in [0.5, 0.6) is 0 Å². The quantitative estimate of drug-likeness (QED) is 0.477. The minimum Gasteiger partial charge on any atom is -0.379 e. The van der Waals surface area contributed by atoms with E-state index in [2.05, 4.69) is 10.6 Å². The van der Waals surface area contributed by atoms with Gasteiger partial charge in [0.2, 0.25) is 15.9 Å². The molecule has 0 aromatic heterocycles. The first-order valence-corrected chi connectivity index (χ1v) is 13.3. The zero-order valence-electron chi connectivity index (χ0n) is 17.4. The van der Waals surface area contributed by atoms with Crippen LogP contribution in [0.4, 0.5) is 11.4 Å². The topological polar surface area (TPSA) is 134 Å². The number of carbonyl (C=O) groups is 1. The molecule has 33 heavy (non-hydrogen) atoms. The number of nitrogens with one attached hydrogen (secondary N) is 3. The van der Waals surface area contributed by atoms with Crippen LogP contribution < -0.4 is 15.4 Å².